The lowest BCUT2D eigenvalue weighted by atomic mass is 10.2. The predicted octanol–water partition coefficient (Wildman–Crippen LogP) is 4.75. The number of fused-ring (bicyclic) bond motifs is 2. The lowest BCUT2D eigenvalue weighted by Crippen LogP contribution is -2.32. The molecule has 178 valence electrons. The first kappa shape index (κ1) is 22.0. The van der Waals surface area contributed by atoms with E-state index in [4.69, 9.17) is 21.1 Å². The van der Waals surface area contributed by atoms with Crippen molar-refractivity contribution in [3.63, 3.8) is 0 Å². The molecule has 2 aromatic carbocycles. The molecule has 2 aliphatic rings. The number of amidine groups is 1. The molecule has 1 aliphatic carbocycles. The maximum absolute atomic E-state index is 9.99. The number of hydrogen-bond acceptors (Lipinski definition) is 10. The van der Waals surface area contributed by atoms with Crippen molar-refractivity contribution in [3.05, 3.63) is 64.3 Å². The van der Waals surface area contributed by atoms with Crippen LogP contribution in [0.25, 0.3) is 10.9 Å². The molecule has 35 heavy (non-hydrogen) atoms. The third-order valence-electron chi connectivity index (χ3n) is 6.10. The van der Waals surface area contributed by atoms with E-state index in [2.05, 4.69) is 30.6 Å². The number of ether oxygens (including phenoxy) is 2. The van der Waals surface area contributed by atoms with E-state index in [0.29, 0.717) is 29.2 Å². The minimum absolute atomic E-state index is 0.00397. The Hall–Kier alpha value is -3.47. The number of aliphatic imine (C=N–C) groups is 1. The van der Waals surface area contributed by atoms with Gasteiger partial charge in [0.15, 0.2) is 5.60 Å². The smallest absolute Gasteiger partial charge is 0.290 e. The third kappa shape index (κ3) is 4.24. The van der Waals surface area contributed by atoms with Crippen molar-refractivity contribution in [2.75, 3.05) is 10.6 Å². The Bertz CT molecular complexity index is 1430. The molecule has 0 spiro atoms. The van der Waals surface area contributed by atoms with Crippen molar-refractivity contribution in [1.82, 2.24) is 15.0 Å². The van der Waals surface area contributed by atoms with Gasteiger partial charge in [0.25, 0.3) is 6.02 Å². The number of aliphatic hydroxyl groups is 1. The average molecular weight is 509 g/mol. The highest BCUT2D eigenvalue weighted by Gasteiger charge is 2.65. The molecule has 1 saturated carbocycles. The molecule has 1 aliphatic heterocycles. The summed E-state index contributed by atoms with van der Waals surface area (Å²) < 4.78 is 11.7. The molecule has 1 unspecified atom stereocenters. The molecule has 0 bridgehead atoms. The summed E-state index contributed by atoms with van der Waals surface area (Å²) >= 11 is 7.98. The van der Waals surface area contributed by atoms with E-state index in [1.807, 2.05) is 35.7 Å². The molecule has 3 heterocycles. The van der Waals surface area contributed by atoms with Crippen LogP contribution in [0.3, 0.4) is 0 Å². The summed E-state index contributed by atoms with van der Waals surface area (Å²) in [5.41, 5.74) is 1.74. The molecular formula is C24H21ClN6O3S. The molecule has 0 radical (unpaired) electrons. The second kappa shape index (κ2) is 8.63. The van der Waals surface area contributed by atoms with E-state index >= 15 is 0 Å². The Morgan fingerprint density at radius 2 is 2.06 bits per heavy atom. The first-order chi connectivity index (χ1) is 17.0. The Kier molecular flexibility index (Phi) is 5.43. The number of nitrogens with zero attached hydrogens (tertiary/aromatic N) is 4. The second-order valence-electron chi connectivity index (χ2n) is 8.45. The molecule has 9 nitrogen and oxygen atoms in total. The van der Waals surface area contributed by atoms with Crippen LogP contribution in [-0.2, 0) is 11.3 Å². The van der Waals surface area contributed by atoms with Crippen LogP contribution in [0.1, 0.15) is 18.4 Å². The first-order valence-electron chi connectivity index (χ1n) is 11.0. The standard InChI is InChI=1S/C24H21ClN6O3S/c1-13(32)24-10-20(24)31-23(34-24)30-14-2-4-18-16(8-14)22(28-12-27-18)29-15-3-5-19(17(25)9-15)33-11-21-26-6-7-35-21/h2-9,12-13,20,32H,10-11H2,1H3,(H,30,31)(H,27,28,29)/t13-,20?,24-/m1/s1. The van der Waals surface area contributed by atoms with Crippen molar-refractivity contribution in [2.45, 2.75) is 37.7 Å². The number of thiazole rings is 1. The van der Waals surface area contributed by atoms with Gasteiger partial charge in [0.1, 0.15) is 35.6 Å². The van der Waals surface area contributed by atoms with Crippen molar-refractivity contribution >= 4 is 57.1 Å². The zero-order valence-electron chi connectivity index (χ0n) is 18.6. The van der Waals surface area contributed by atoms with E-state index in [1.54, 1.807) is 19.2 Å². The average Bonchev–Trinajstić information content (AvgIpc) is 3.17. The Morgan fingerprint density at radius 1 is 1.20 bits per heavy atom. The van der Waals surface area contributed by atoms with Crippen molar-refractivity contribution in [3.8, 4) is 5.75 Å². The molecule has 2 aromatic heterocycles. The van der Waals surface area contributed by atoms with E-state index < -0.39 is 11.7 Å². The lowest BCUT2D eigenvalue weighted by Gasteiger charge is -2.18. The summed E-state index contributed by atoms with van der Waals surface area (Å²) in [6.07, 6.45) is 3.42. The molecule has 4 aromatic rings. The van der Waals surface area contributed by atoms with Crippen LogP contribution in [0.2, 0.25) is 5.02 Å². The van der Waals surface area contributed by atoms with Crippen LogP contribution in [0.15, 0.2) is 59.3 Å². The maximum atomic E-state index is 9.99. The Balaban J connectivity index is 1.19. The van der Waals surface area contributed by atoms with Gasteiger partial charge in [-0.3, -0.25) is 0 Å². The largest absolute Gasteiger partial charge is 0.485 e. The monoisotopic (exact) mass is 508 g/mol. The second-order valence-corrected chi connectivity index (χ2v) is 9.84. The number of benzene rings is 2. The van der Waals surface area contributed by atoms with Crippen molar-refractivity contribution < 1.29 is 14.6 Å². The fourth-order valence-corrected chi connectivity index (χ4v) is 4.86. The zero-order chi connectivity index (χ0) is 24.0. The minimum atomic E-state index is -0.579. The lowest BCUT2D eigenvalue weighted by molar-refractivity contribution is 0.0271. The van der Waals surface area contributed by atoms with Gasteiger partial charge < -0.3 is 25.2 Å². The number of aromatic nitrogens is 3. The first-order valence-corrected chi connectivity index (χ1v) is 12.3. The molecule has 11 heteroatoms. The Labute approximate surface area is 209 Å². The van der Waals surface area contributed by atoms with E-state index in [0.717, 1.165) is 33.7 Å². The van der Waals surface area contributed by atoms with Crippen LogP contribution in [-0.4, -0.2) is 43.8 Å². The Morgan fingerprint density at radius 3 is 2.83 bits per heavy atom. The molecule has 6 rings (SSSR count). The number of rotatable bonds is 7. The van der Waals surface area contributed by atoms with Gasteiger partial charge in [-0.2, -0.15) is 0 Å². The number of nitrogens with one attached hydrogen (secondary N) is 2. The van der Waals surface area contributed by atoms with Gasteiger partial charge in [-0.05, 0) is 43.3 Å². The summed E-state index contributed by atoms with van der Waals surface area (Å²) in [6.45, 7) is 2.10. The summed E-state index contributed by atoms with van der Waals surface area (Å²) in [5.74, 6) is 1.21. The summed E-state index contributed by atoms with van der Waals surface area (Å²) in [4.78, 5) is 17.5. The highest BCUT2D eigenvalue weighted by molar-refractivity contribution is 7.09. The van der Waals surface area contributed by atoms with E-state index in [-0.39, 0.29) is 6.04 Å². The summed E-state index contributed by atoms with van der Waals surface area (Å²) in [6, 6.07) is 11.6. The topological polar surface area (TPSA) is 114 Å². The molecule has 0 saturated heterocycles. The van der Waals surface area contributed by atoms with Crippen molar-refractivity contribution in [1.29, 1.82) is 0 Å². The van der Waals surface area contributed by atoms with Crippen molar-refractivity contribution in [2.24, 2.45) is 4.99 Å². The van der Waals surface area contributed by atoms with Crippen LogP contribution in [0.4, 0.5) is 17.2 Å². The van der Waals surface area contributed by atoms with Gasteiger partial charge in [0.2, 0.25) is 0 Å². The zero-order valence-corrected chi connectivity index (χ0v) is 20.2. The predicted molar refractivity (Wildman–Crippen MR) is 136 cm³/mol. The fraction of sp³-hybridized carbons (Fsp3) is 0.250. The van der Waals surface area contributed by atoms with E-state index in [1.165, 1.54) is 17.7 Å². The van der Waals surface area contributed by atoms with Crippen LogP contribution in [0.5, 0.6) is 5.75 Å². The summed E-state index contributed by atoms with van der Waals surface area (Å²) in [7, 11) is 0. The molecule has 0 amide bonds. The van der Waals surface area contributed by atoms with Gasteiger partial charge >= 0.3 is 0 Å². The van der Waals surface area contributed by atoms with Gasteiger partial charge in [0, 0.05) is 34.8 Å². The number of anilines is 3. The van der Waals surface area contributed by atoms with Crippen LogP contribution in [0, 0.1) is 0 Å². The van der Waals surface area contributed by atoms with Crippen LogP contribution < -0.4 is 15.4 Å². The van der Waals surface area contributed by atoms with Gasteiger partial charge in [-0.15, -0.1) is 11.3 Å². The number of hydrogen-bond donors (Lipinski definition) is 3. The fourth-order valence-electron chi connectivity index (χ4n) is 4.10. The quantitative estimate of drug-likeness (QED) is 0.327. The molecule has 3 atom stereocenters. The summed E-state index contributed by atoms with van der Waals surface area (Å²) in [5, 5.41) is 20.6. The molecular weight excluding hydrogens is 488 g/mol. The minimum Gasteiger partial charge on any atom is -0.485 e. The third-order valence-corrected chi connectivity index (χ3v) is 7.15. The number of halogens is 1. The highest BCUT2D eigenvalue weighted by Crippen LogP contribution is 2.49. The molecule has 1 fully saturated rings. The highest BCUT2D eigenvalue weighted by atomic mass is 35.5. The normalized spacial score (nSPS) is 21.1. The van der Waals surface area contributed by atoms with Gasteiger partial charge in [-0.1, -0.05) is 11.6 Å². The van der Waals surface area contributed by atoms with E-state index in [9.17, 15) is 5.11 Å². The maximum Gasteiger partial charge on any atom is 0.290 e. The SMILES string of the molecule is C[C@@H](O)[C@]12CC1N=C(Nc1ccc3ncnc(Nc4ccc(OCc5nccs5)c(Cl)c4)c3c1)O2. The van der Waals surface area contributed by atoms with Gasteiger partial charge in [-0.25, -0.2) is 19.9 Å². The number of aliphatic hydroxyl groups excluding tert-OH is 1. The van der Waals surface area contributed by atoms with Gasteiger partial charge in [0.05, 0.1) is 16.6 Å². The molecule has 3 N–H and O–H groups in total. The van der Waals surface area contributed by atoms with Crippen LogP contribution >= 0.6 is 22.9 Å².